The number of halogens is 5. The molecule has 5 rings (SSSR count). The second kappa shape index (κ2) is 7.29. The van der Waals surface area contributed by atoms with Crippen LogP contribution < -0.4 is 0 Å². The molecule has 166 valence electrons. The number of ether oxygens (including phenoxy) is 1. The molecule has 4 heterocycles. The fourth-order valence-electron chi connectivity index (χ4n) is 3.98. The Morgan fingerprint density at radius 2 is 1.84 bits per heavy atom. The first-order valence-electron chi connectivity index (χ1n) is 9.43. The summed E-state index contributed by atoms with van der Waals surface area (Å²) in [5.74, 6) is -2.51. The largest absolute Gasteiger partial charge is 0.419 e. The van der Waals surface area contributed by atoms with E-state index in [1.807, 2.05) is 0 Å². The second-order valence-corrected chi connectivity index (χ2v) is 7.30. The van der Waals surface area contributed by atoms with Gasteiger partial charge in [-0.25, -0.2) is 18.7 Å². The Kier molecular flexibility index (Phi) is 4.65. The third-order valence-electron chi connectivity index (χ3n) is 5.38. The van der Waals surface area contributed by atoms with Crippen LogP contribution in [0.25, 0.3) is 11.6 Å². The molecule has 32 heavy (non-hydrogen) atoms. The molecule has 1 amide bonds. The number of morpholine rings is 1. The van der Waals surface area contributed by atoms with Gasteiger partial charge in [-0.3, -0.25) is 4.79 Å². The van der Waals surface area contributed by atoms with Gasteiger partial charge in [0.15, 0.2) is 17.5 Å². The van der Waals surface area contributed by atoms with Gasteiger partial charge in [0, 0.05) is 6.54 Å². The Labute approximate surface area is 176 Å². The molecule has 8 nitrogen and oxygen atoms in total. The van der Waals surface area contributed by atoms with E-state index < -0.39 is 46.9 Å². The van der Waals surface area contributed by atoms with Crippen molar-refractivity contribution in [1.29, 1.82) is 0 Å². The molecule has 3 aromatic rings. The highest BCUT2D eigenvalue weighted by Gasteiger charge is 2.45. The summed E-state index contributed by atoms with van der Waals surface area (Å²) in [6.07, 6.45) is -2.99. The van der Waals surface area contributed by atoms with Gasteiger partial charge in [-0.05, 0) is 12.1 Å². The summed E-state index contributed by atoms with van der Waals surface area (Å²) in [7, 11) is 0. The quantitative estimate of drug-likeness (QED) is 0.556. The van der Waals surface area contributed by atoms with Crippen molar-refractivity contribution in [3.63, 3.8) is 0 Å². The molecule has 0 unspecified atom stereocenters. The van der Waals surface area contributed by atoms with Gasteiger partial charge in [-0.2, -0.15) is 13.2 Å². The number of rotatable bonds is 2. The molecule has 0 spiro atoms. The number of amides is 1. The zero-order chi connectivity index (χ0) is 22.6. The fourth-order valence-corrected chi connectivity index (χ4v) is 3.98. The summed E-state index contributed by atoms with van der Waals surface area (Å²) < 4.78 is 74.3. The summed E-state index contributed by atoms with van der Waals surface area (Å²) in [4.78, 5) is 22.2. The Morgan fingerprint density at radius 1 is 1.09 bits per heavy atom. The van der Waals surface area contributed by atoms with Crippen molar-refractivity contribution in [3.8, 4) is 11.6 Å². The van der Waals surface area contributed by atoms with Gasteiger partial charge in [0.25, 0.3) is 5.91 Å². The van der Waals surface area contributed by atoms with Crippen LogP contribution in [0, 0.1) is 11.6 Å². The van der Waals surface area contributed by atoms with Crippen LogP contribution in [0.3, 0.4) is 0 Å². The van der Waals surface area contributed by atoms with E-state index in [0.717, 1.165) is 24.5 Å². The zero-order valence-electron chi connectivity index (χ0n) is 16.1. The molecule has 13 heteroatoms. The minimum Gasteiger partial charge on any atom is -0.377 e. The van der Waals surface area contributed by atoms with Crippen LogP contribution in [-0.4, -0.2) is 54.8 Å². The van der Waals surface area contributed by atoms with Crippen molar-refractivity contribution in [2.45, 2.75) is 24.8 Å². The third-order valence-corrected chi connectivity index (χ3v) is 5.38. The van der Waals surface area contributed by atoms with Crippen molar-refractivity contribution in [2.24, 2.45) is 0 Å². The first kappa shape index (κ1) is 20.4. The molecule has 1 saturated heterocycles. The first-order chi connectivity index (χ1) is 15.3. The van der Waals surface area contributed by atoms with Crippen LogP contribution in [-0.2, 0) is 17.5 Å². The first-order valence-corrected chi connectivity index (χ1v) is 9.43. The molecule has 2 aliphatic rings. The number of hydrogen-bond donors (Lipinski definition) is 0. The molecule has 2 aromatic heterocycles. The van der Waals surface area contributed by atoms with E-state index in [2.05, 4.69) is 20.2 Å². The van der Waals surface area contributed by atoms with Gasteiger partial charge >= 0.3 is 6.18 Å². The highest BCUT2D eigenvalue weighted by Crippen LogP contribution is 2.37. The lowest BCUT2D eigenvalue weighted by Crippen LogP contribution is -2.56. The number of hydrogen-bond acceptors (Lipinski definition) is 6. The van der Waals surface area contributed by atoms with Crippen LogP contribution in [0.2, 0.25) is 0 Å². The Morgan fingerprint density at radius 3 is 2.56 bits per heavy atom. The number of aromatic nitrogens is 5. The molecule has 0 saturated carbocycles. The number of nitrogens with zero attached hydrogens (tertiary/aromatic N) is 6. The number of carbonyl (C=O) groups is 1. The number of alkyl halides is 3. The predicted octanol–water partition coefficient (Wildman–Crippen LogP) is 2.63. The molecule has 2 aliphatic heterocycles. The van der Waals surface area contributed by atoms with Crippen LogP contribution in [0.1, 0.15) is 27.8 Å². The van der Waals surface area contributed by atoms with Gasteiger partial charge in [0.2, 0.25) is 5.82 Å². The molecular weight excluding hydrogens is 439 g/mol. The fraction of sp³-hybridized carbons (Fsp3) is 0.316. The third kappa shape index (κ3) is 3.20. The lowest BCUT2D eigenvalue weighted by molar-refractivity contribution is -0.140. The van der Waals surface area contributed by atoms with Crippen molar-refractivity contribution in [1.82, 2.24) is 29.6 Å². The topological polar surface area (TPSA) is 86.0 Å². The molecule has 2 atom stereocenters. The number of benzene rings is 1. The highest BCUT2D eigenvalue weighted by molar-refractivity contribution is 5.95. The van der Waals surface area contributed by atoms with Crippen LogP contribution >= 0.6 is 0 Å². The molecule has 2 bridgehead atoms. The van der Waals surface area contributed by atoms with Gasteiger partial charge in [-0.1, -0.05) is 6.07 Å². The van der Waals surface area contributed by atoms with Crippen molar-refractivity contribution >= 4 is 5.91 Å². The molecular formula is C19H13F5N6O2. The maximum absolute atomic E-state index is 14.6. The lowest BCUT2D eigenvalue weighted by Gasteiger charge is -2.45. The maximum atomic E-state index is 14.6. The summed E-state index contributed by atoms with van der Waals surface area (Å²) >= 11 is 0. The minimum absolute atomic E-state index is 0.00870. The minimum atomic E-state index is -4.94. The average Bonchev–Trinajstić information content (AvgIpc) is 3.16. The van der Waals surface area contributed by atoms with Crippen LogP contribution in [0.4, 0.5) is 22.0 Å². The SMILES string of the molecule is O=C(c1cccc(C(F)(F)F)c1F)N1[C@H]2COC[C@@H]1c1nnc(-c3ncc(F)cn3)n1C2. The zero-order valence-corrected chi connectivity index (χ0v) is 16.1. The second-order valence-electron chi connectivity index (χ2n) is 7.30. The van der Waals surface area contributed by atoms with E-state index in [9.17, 15) is 26.7 Å². The smallest absolute Gasteiger partial charge is 0.377 e. The van der Waals surface area contributed by atoms with E-state index in [-0.39, 0.29) is 37.2 Å². The lowest BCUT2D eigenvalue weighted by atomic mass is 10.0. The maximum Gasteiger partial charge on any atom is 0.419 e. The van der Waals surface area contributed by atoms with Crippen LogP contribution in [0.5, 0.6) is 0 Å². The van der Waals surface area contributed by atoms with E-state index in [1.54, 1.807) is 4.57 Å². The van der Waals surface area contributed by atoms with Gasteiger partial charge in [0.1, 0.15) is 11.9 Å². The Balaban J connectivity index is 1.54. The van der Waals surface area contributed by atoms with Crippen molar-refractivity contribution < 1.29 is 31.5 Å². The molecule has 1 fully saturated rings. The van der Waals surface area contributed by atoms with Gasteiger partial charge in [0.05, 0.1) is 42.8 Å². The number of carbonyl (C=O) groups excluding carboxylic acids is 1. The summed E-state index contributed by atoms with van der Waals surface area (Å²) in [5, 5.41) is 8.11. The Bertz CT molecular complexity index is 1200. The summed E-state index contributed by atoms with van der Waals surface area (Å²) in [5.41, 5.74) is -2.20. The molecule has 0 N–H and O–H groups in total. The molecule has 1 aromatic carbocycles. The van der Waals surface area contributed by atoms with Crippen molar-refractivity contribution in [2.75, 3.05) is 13.2 Å². The normalized spacial score (nSPS) is 20.2. The molecule has 0 radical (unpaired) electrons. The monoisotopic (exact) mass is 452 g/mol. The van der Waals surface area contributed by atoms with Gasteiger partial charge in [-0.15, -0.1) is 10.2 Å². The van der Waals surface area contributed by atoms with Crippen LogP contribution in [0.15, 0.2) is 30.6 Å². The summed E-state index contributed by atoms with van der Waals surface area (Å²) in [6.45, 7) is 0.177. The summed E-state index contributed by atoms with van der Waals surface area (Å²) in [6, 6.07) is 1.14. The standard InChI is InChI=1S/C19H13F5N6O2/c20-9-4-25-15(26-5-9)17-28-27-16-13-8-32-7-10(6-29(16)17)30(13)18(31)11-2-1-3-12(14(11)21)19(22,23)24/h1-5,10,13H,6-8H2/t10-,13-/m1/s1. The highest BCUT2D eigenvalue weighted by atomic mass is 19.4. The molecule has 0 aliphatic carbocycles. The van der Waals surface area contributed by atoms with E-state index in [0.29, 0.717) is 6.07 Å². The predicted molar refractivity (Wildman–Crippen MR) is 95.9 cm³/mol. The van der Waals surface area contributed by atoms with E-state index >= 15 is 0 Å². The van der Waals surface area contributed by atoms with Gasteiger partial charge < -0.3 is 14.2 Å². The Hall–Kier alpha value is -3.48. The van der Waals surface area contributed by atoms with E-state index in [1.165, 1.54) is 4.90 Å². The average molecular weight is 452 g/mol. The number of fused-ring (bicyclic) bond motifs is 4. The van der Waals surface area contributed by atoms with E-state index in [4.69, 9.17) is 4.74 Å². The van der Waals surface area contributed by atoms with Crippen molar-refractivity contribution in [3.05, 3.63) is 59.2 Å².